The Kier molecular flexibility index (Phi) is 4.73. The standard InChI is InChI=1S/C20H24N6O3/c1-13-7-6-8-14(11-13)21-19-22-17-16(18(28)24(3)20(29)23(17)2)26(19)12-15(27)25-9-4-5-10-25/h6-8,11H,4-5,9-10,12H2,1-3H3,(H,21,22). The first-order chi connectivity index (χ1) is 13.9. The number of fused-ring (bicyclic) bond motifs is 1. The van der Waals surface area contributed by atoms with E-state index in [0.717, 1.165) is 41.7 Å². The number of carbonyl (C=O) groups excluding carboxylic acids is 1. The summed E-state index contributed by atoms with van der Waals surface area (Å²) < 4.78 is 3.95. The quantitative estimate of drug-likeness (QED) is 0.713. The second-order valence-electron chi connectivity index (χ2n) is 7.48. The number of likely N-dealkylation sites (tertiary alicyclic amines) is 1. The third-order valence-corrected chi connectivity index (χ3v) is 5.37. The van der Waals surface area contributed by atoms with Gasteiger partial charge in [0.2, 0.25) is 11.9 Å². The lowest BCUT2D eigenvalue weighted by atomic mass is 10.2. The number of benzene rings is 1. The van der Waals surface area contributed by atoms with Gasteiger partial charge in [0.05, 0.1) is 0 Å². The topological polar surface area (TPSA) is 94.2 Å². The van der Waals surface area contributed by atoms with Crippen LogP contribution in [0.5, 0.6) is 0 Å². The Morgan fingerprint density at radius 2 is 1.86 bits per heavy atom. The van der Waals surface area contributed by atoms with E-state index in [-0.39, 0.29) is 23.6 Å². The first kappa shape index (κ1) is 19.0. The van der Waals surface area contributed by atoms with Crippen molar-refractivity contribution in [1.82, 2.24) is 23.6 Å². The highest BCUT2D eigenvalue weighted by Crippen LogP contribution is 2.21. The van der Waals surface area contributed by atoms with Crippen LogP contribution >= 0.6 is 0 Å². The third kappa shape index (κ3) is 3.32. The Balaban J connectivity index is 1.87. The van der Waals surface area contributed by atoms with E-state index in [1.165, 1.54) is 11.6 Å². The van der Waals surface area contributed by atoms with Crippen LogP contribution in [0.15, 0.2) is 33.9 Å². The van der Waals surface area contributed by atoms with E-state index in [0.29, 0.717) is 5.95 Å². The van der Waals surface area contributed by atoms with Gasteiger partial charge < -0.3 is 10.2 Å². The van der Waals surface area contributed by atoms with Crippen molar-refractivity contribution in [2.24, 2.45) is 14.1 Å². The second-order valence-corrected chi connectivity index (χ2v) is 7.48. The number of rotatable bonds is 4. The molecule has 0 bridgehead atoms. The molecule has 0 unspecified atom stereocenters. The van der Waals surface area contributed by atoms with Crippen LogP contribution in [0.3, 0.4) is 0 Å². The zero-order chi connectivity index (χ0) is 20.7. The summed E-state index contributed by atoms with van der Waals surface area (Å²) in [4.78, 5) is 44.4. The summed E-state index contributed by atoms with van der Waals surface area (Å²) in [6, 6.07) is 7.72. The normalized spacial score (nSPS) is 14.0. The summed E-state index contributed by atoms with van der Waals surface area (Å²) >= 11 is 0. The maximum Gasteiger partial charge on any atom is 0.332 e. The molecule has 0 aliphatic carbocycles. The van der Waals surface area contributed by atoms with Crippen LogP contribution < -0.4 is 16.6 Å². The SMILES string of the molecule is Cc1cccc(Nc2nc3c(c(=O)n(C)c(=O)n3C)n2CC(=O)N2CCCC2)c1. The van der Waals surface area contributed by atoms with Crippen LogP contribution in [0.4, 0.5) is 11.6 Å². The average Bonchev–Trinajstić information content (AvgIpc) is 3.34. The van der Waals surface area contributed by atoms with Gasteiger partial charge in [0.15, 0.2) is 11.2 Å². The van der Waals surface area contributed by atoms with Crippen molar-refractivity contribution < 1.29 is 4.79 Å². The van der Waals surface area contributed by atoms with Crippen LogP contribution in [-0.4, -0.2) is 42.6 Å². The van der Waals surface area contributed by atoms with E-state index in [1.807, 2.05) is 31.2 Å². The van der Waals surface area contributed by atoms with Gasteiger partial charge in [-0.2, -0.15) is 4.98 Å². The second kappa shape index (κ2) is 7.23. The number of carbonyl (C=O) groups is 1. The summed E-state index contributed by atoms with van der Waals surface area (Å²) in [5.41, 5.74) is 1.41. The summed E-state index contributed by atoms with van der Waals surface area (Å²) in [6.07, 6.45) is 1.97. The molecular formula is C20H24N6O3. The van der Waals surface area contributed by atoms with Crippen molar-refractivity contribution in [1.29, 1.82) is 0 Å². The molecule has 1 N–H and O–H groups in total. The molecule has 1 aromatic carbocycles. The van der Waals surface area contributed by atoms with E-state index in [2.05, 4.69) is 10.3 Å². The molecule has 1 aliphatic rings. The zero-order valence-corrected chi connectivity index (χ0v) is 16.8. The molecule has 3 aromatic rings. The van der Waals surface area contributed by atoms with Gasteiger partial charge in [0, 0.05) is 32.9 Å². The van der Waals surface area contributed by atoms with Gasteiger partial charge >= 0.3 is 5.69 Å². The maximum absolute atomic E-state index is 12.9. The number of imidazole rings is 1. The minimum Gasteiger partial charge on any atom is -0.341 e. The summed E-state index contributed by atoms with van der Waals surface area (Å²) in [6.45, 7) is 3.41. The van der Waals surface area contributed by atoms with Gasteiger partial charge in [-0.15, -0.1) is 0 Å². The largest absolute Gasteiger partial charge is 0.341 e. The monoisotopic (exact) mass is 396 g/mol. The third-order valence-electron chi connectivity index (χ3n) is 5.37. The van der Waals surface area contributed by atoms with Crippen LogP contribution in [0, 0.1) is 6.92 Å². The minimum atomic E-state index is -0.470. The van der Waals surface area contributed by atoms with Gasteiger partial charge in [-0.3, -0.25) is 23.3 Å². The Hall–Kier alpha value is -3.36. The fourth-order valence-corrected chi connectivity index (χ4v) is 3.75. The molecule has 152 valence electrons. The van der Waals surface area contributed by atoms with Crippen molar-refractivity contribution in [2.45, 2.75) is 26.3 Å². The van der Waals surface area contributed by atoms with Gasteiger partial charge in [-0.05, 0) is 37.5 Å². The Morgan fingerprint density at radius 3 is 2.55 bits per heavy atom. The van der Waals surface area contributed by atoms with Gasteiger partial charge in [-0.25, -0.2) is 4.79 Å². The molecule has 9 heteroatoms. The molecule has 9 nitrogen and oxygen atoms in total. The summed E-state index contributed by atoms with van der Waals surface area (Å²) in [7, 11) is 3.00. The van der Waals surface area contributed by atoms with Crippen LogP contribution in [0.2, 0.25) is 0 Å². The highest BCUT2D eigenvalue weighted by Gasteiger charge is 2.24. The molecule has 29 heavy (non-hydrogen) atoms. The molecular weight excluding hydrogens is 372 g/mol. The number of nitrogens with one attached hydrogen (secondary N) is 1. The number of amides is 1. The molecule has 1 aliphatic heterocycles. The molecule has 0 saturated carbocycles. The first-order valence-corrected chi connectivity index (χ1v) is 9.64. The average molecular weight is 396 g/mol. The predicted octanol–water partition coefficient (Wildman–Crippen LogP) is 1.11. The van der Waals surface area contributed by atoms with Gasteiger partial charge in [-0.1, -0.05) is 12.1 Å². The first-order valence-electron chi connectivity index (χ1n) is 9.64. The van der Waals surface area contributed by atoms with Crippen LogP contribution in [-0.2, 0) is 25.4 Å². The van der Waals surface area contributed by atoms with Crippen molar-refractivity contribution in [3.63, 3.8) is 0 Å². The van der Waals surface area contributed by atoms with Crippen molar-refractivity contribution >= 4 is 28.7 Å². The van der Waals surface area contributed by atoms with Crippen molar-refractivity contribution in [3.8, 4) is 0 Å². The molecule has 3 heterocycles. The smallest absolute Gasteiger partial charge is 0.332 e. The highest BCUT2D eigenvalue weighted by molar-refractivity contribution is 5.82. The van der Waals surface area contributed by atoms with Crippen LogP contribution in [0.1, 0.15) is 18.4 Å². The minimum absolute atomic E-state index is 0.0158. The lowest BCUT2D eigenvalue weighted by Crippen LogP contribution is -2.38. The Bertz CT molecular complexity index is 1210. The molecule has 0 radical (unpaired) electrons. The van der Waals surface area contributed by atoms with Gasteiger partial charge in [0.1, 0.15) is 6.54 Å². The maximum atomic E-state index is 12.9. The molecule has 0 spiro atoms. The molecule has 1 amide bonds. The fraction of sp³-hybridized carbons (Fsp3) is 0.400. The Morgan fingerprint density at radius 1 is 1.14 bits per heavy atom. The van der Waals surface area contributed by atoms with E-state index >= 15 is 0 Å². The Labute approximate surface area is 167 Å². The van der Waals surface area contributed by atoms with E-state index in [4.69, 9.17) is 0 Å². The molecule has 1 fully saturated rings. The molecule has 0 atom stereocenters. The number of hydrogen-bond donors (Lipinski definition) is 1. The lowest BCUT2D eigenvalue weighted by molar-refractivity contribution is -0.130. The van der Waals surface area contributed by atoms with Crippen molar-refractivity contribution in [2.75, 3.05) is 18.4 Å². The number of nitrogens with zero attached hydrogens (tertiary/aromatic N) is 5. The predicted molar refractivity (Wildman–Crippen MR) is 110 cm³/mol. The molecule has 2 aromatic heterocycles. The van der Waals surface area contributed by atoms with E-state index in [1.54, 1.807) is 16.5 Å². The van der Waals surface area contributed by atoms with Crippen LogP contribution in [0.25, 0.3) is 11.2 Å². The number of anilines is 2. The fourth-order valence-electron chi connectivity index (χ4n) is 3.75. The molecule has 4 rings (SSSR count). The van der Waals surface area contributed by atoms with Gasteiger partial charge in [0.25, 0.3) is 5.56 Å². The lowest BCUT2D eigenvalue weighted by Gasteiger charge is -2.17. The summed E-state index contributed by atoms with van der Waals surface area (Å²) in [5.74, 6) is 0.293. The number of hydrogen-bond acceptors (Lipinski definition) is 5. The summed E-state index contributed by atoms with van der Waals surface area (Å²) in [5, 5.41) is 3.21. The van der Waals surface area contributed by atoms with E-state index < -0.39 is 11.2 Å². The van der Waals surface area contributed by atoms with E-state index in [9.17, 15) is 14.4 Å². The van der Waals surface area contributed by atoms with Crippen molar-refractivity contribution in [3.05, 3.63) is 50.7 Å². The zero-order valence-electron chi connectivity index (χ0n) is 16.8. The highest BCUT2D eigenvalue weighted by atomic mass is 16.2. The number of aryl methyl sites for hydroxylation is 2. The number of aromatic nitrogens is 4. The molecule has 1 saturated heterocycles.